The van der Waals surface area contributed by atoms with Crippen LogP contribution in [0.15, 0.2) is 22.7 Å². The molecule has 0 fully saturated rings. The molecule has 0 aromatic heterocycles. The molecule has 0 atom stereocenters. The van der Waals surface area contributed by atoms with Gasteiger partial charge in [0.15, 0.2) is 0 Å². The van der Waals surface area contributed by atoms with Crippen LogP contribution < -0.4 is 15.8 Å². The van der Waals surface area contributed by atoms with Crippen LogP contribution in [0, 0.1) is 0 Å². The quantitative estimate of drug-likeness (QED) is 0.867. The Balaban J connectivity index is 0.00000289. The maximum absolute atomic E-state index is 11.8. The van der Waals surface area contributed by atoms with Crippen molar-refractivity contribution < 1.29 is 9.53 Å². The van der Waals surface area contributed by atoms with E-state index in [4.69, 9.17) is 10.5 Å². The number of hydrogen-bond donors (Lipinski definition) is 2. The lowest BCUT2D eigenvalue weighted by molar-refractivity contribution is 0.0954. The Labute approximate surface area is 122 Å². The minimum absolute atomic E-state index is 0. The fraction of sp³-hybridized carbons (Fsp3) is 0.417. The van der Waals surface area contributed by atoms with Gasteiger partial charge in [0, 0.05) is 23.1 Å². The summed E-state index contributed by atoms with van der Waals surface area (Å²) in [5.41, 5.74) is 5.89. The first kappa shape index (κ1) is 17.2. The van der Waals surface area contributed by atoms with Crippen LogP contribution in [-0.2, 0) is 0 Å². The molecule has 0 aliphatic heterocycles. The number of nitrogens with one attached hydrogen (secondary N) is 1. The number of carbonyl (C=O) groups excluding carboxylic acids is 1. The van der Waals surface area contributed by atoms with E-state index in [-0.39, 0.29) is 24.4 Å². The van der Waals surface area contributed by atoms with Gasteiger partial charge in [0.1, 0.15) is 5.75 Å². The van der Waals surface area contributed by atoms with Crippen LogP contribution in [0.5, 0.6) is 5.75 Å². The molecular formula is C12H18BrClN2O2. The van der Waals surface area contributed by atoms with Crippen LogP contribution in [0.2, 0.25) is 0 Å². The average molecular weight is 338 g/mol. The molecule has 6 heteroatoms. The van der Waals surface area contributed by atoms with E-state index >= 15 is 0 Å². The molecule has 0 saturated carbocycles. The molecular weight excluding hydrogens is 320 g/mol. The molecule has 0 radical (unpaired) electrons. The summed E-state index contributed by atoms with van der Waals surface area (Å²) in [5.74, 6) is 0.526. The van der Waals surface area contributed by atoms with Gasteiger partial charge in [-0.05, 0) is 32.0 Å². The maximum Gasteiger partial charge on any atom is 0.251 e. The first-order valence-electron chi connectivity index (χ1n) is 5.48. The Morgan fingerprint density at radius 3 is 2.67 bits per heavy atom. The molecule has 0 saturated heterocycles. The molecule has 1 rings (SSSR count). The lowest BCUT2D eigenvalue weighted by Crippen LogP contribution is -2.29. The largest absolute Gasteiger partial charge is 0.491 e. The minimum atomic E-state index is -0.148. The second kappa shape index (κ2) is 8.34. The van der Waals surface area contributed by atoms with Gasteiger partial charge < -0.3 is 15.8 Å². The molecule has 3 N–H and O–H groups in total. The zero-order valence-corrected chi connectivity index (χ0v) is 12.8. The van der Waals surface area contributed by atoms with Gasteiger partial charge >= 0.3 is 0 Å². The van der Waals surface area contributed by atoms with Crippen LogP contribution in [0.1, 0.15) is 24.2 Å². The van der Waals surface area contributed by atoms with E-state index in [1.54, 1.807) is 12.1 Å². The van der Waals surface area contributed by atoms with Crippen molar-refractivity contribution in [2.24, 2.45) is 5.73 Å². The van der Waals surface area contributed by atoms with E-state index in [1.807, 2.05) is 19.9 Å². The summed E-state index contributed by atoms with van der Waals surface area (Å²) in [7, 11) is 0. The van der Waals surface area contributed by atoms with Crippen molar-refractivity contribution in [3.8, 4) is 5.75 Å². The smallest absolute Gasteiger partial charge is 0.251 e. The monoisotopic (exact) mass is 336 g/mol. The Bertz CT molecular complexity index is 400. The van der Waals surface area contributed by atoms with Crippen LogP contribution >= 0.6 is 28.3 Å². The van der Waals surface area contributed by atoms with Crippen molar-refractivity contribution in [2.45, 2.75) is 20.0 Å². The fourth-order valence-electron chi connectivity index (χ4n) is 1.32. The highest BCUT2D eigenvalue weighted by atomic mass is 79.9. The number of halogens is 2. The Hall–Kier alpha value is -0.780. The predicted octanol–water partition coefficient (Wildman–Crippen LogP) is 2.35. The van der Waals surface area contributed by atoms with Crippen LogP contribution in [-0.4, -0.2) is 25.1 Å². The Morgan fingerprint density at radius 2 is 2.11 bits per heavy atom. The lowest BCUT2D eigenvalue weighted by atomic mass is 10.2. The lowest BCUT2D eigenvalue weighted by Gasteiger charge is -2.11. The molecule has 1 amide bonds. The van der Waals surface area contributed by atoms with Crippen LogP contribution in [0.3, 0.4) is 0 Å². The normalized spacial score (nSPS) is 9.83. The van der Waals surface area contributed by atoms with Crippen molar-refractivity contribution in [1.29, 1.82) is 0 Å². The zero-order valence-electron chi connectivity index (χ0n) is 10.4. The standard InChI is InChI=1S/C12H17BrN2O2.ClH/c1-8(2)17-11-6-9(5-10(13)7-11)12(16)15-4-3-14;/h5-8H,3-4,14H2,1-2H3,(H,15,16);1H. The Morgan fingerprint density at radius 1 is 1.44 bits per heavy atom. The van der Waals surface area contributed by atoms with Gasteiger partial charge in [0.05, 0.1) is 6.10 Å². The van der Waals surface area contributed by atoms with E-state index in [9.17, 15) is 4.79 Å². The summed E-state index contributed by atoms with van der Waals surface area (Å²) in [5, 5.41) is 2.72. The third-order valence-electron chi connectivity index (χ3n) is 1.94. The van der Waals surface area contributed by atoms with Gasteiger partial charge in [-0.25, -0.2) is 0 Å². The number of rotatable bonds is 5. The number of amides is 1. The van der Waals surface area contributed by atoms with E-state index in [0.717, 1.165) is 4.47 Å². The van der Waals surface area contributed by atoms with Crippen molar-refractivity contribution in [3.05, 3.63) is 28.2 Å². The molecule has 1 aromatic carbocycles. The summed E-state index contributed by atoms with van der Waals surface area (Å²) in [6.07, 6.45) is 0.0734. The molecule has 1 aromatic rings. The third kappa shape index (κ3) is 5.71. The Kier molecular flexibility index (Phi) is 7.98. The number of nitrogens with two attached hydrogens (primary N) is 1. The second-order valence-corrected chi connectivity index (χ2v) is 4.80. The van der Waals surface area contributed by atoms with Gasteiger partial charge in [-0.2, -0.15) is 0 Å². The van der Waals surface area contributed by atoms with Crippen molar-refractivity contribution >= 4 is 34.2 Å². The highest BCUT2D eigenvalue weighted by Gasteiger charge is 2.08. The predicted molar refractivity (Wildman–Crippen MR) is 78.5 cm³/mol. The van der Waals surface area contributed by atoms with E-state index in [0.29, 0.717) is 24.4 Å². The number of benzene rings is 1. The van der Waals surface area contributed by atoms with Gasteiger partial charge in [-0.3, -0.25) is 4.79 Å². The summed E-state index contributed by atoms with van der Waals surface area (Å²) in [6, 6.07) is 5.30. The highest BCUT2D eigenvalue weighted by Crippen LogP contribution is 2.22. The summed E-state index contributed by atoms with van der Waals surface area (Å²) >= 11 is 3.35. The maximum atomic E-state index is 11.8. The van der Waals surface area contributed by atoms with Gasteiger partial charge in [0.2, 0.25) is 0 Å². The molecule has 0 spiro atoms. The van der Waals surface area contributed by atoms with Crippen molar-refractivity contribution in [1.82, 2.24) is 5.32 Å². The number of ether oxygens (including phenoxy) is 1. The van der Waals surface area contributed by atoms with Crippen LogP contribution in [0.25, 0.3) is 0 Å². The fourth-order valence-corrected chi connectivity index (χ4v) is 1.79. The van der Waals surface area contributed by atoms with Gasteiger partial charge in [-0.1, -0.05) is 15.9 Å². The zero-order chi connectivity index (χ0) is 12.8. The van der Waals surface area contributed by atoms with Gasteiger partial charge in [0.25, 0.3) is 5.91 Å². The summed E-state index contributed by atoms with van der Waals surface area (Å²) in [6.45, 7) is 4.77. The molecule has 0 bridgehead atoms. The second-order valence-electron chi connectivity index (χ2n) is 3.89. The molecule has 0 heterocycles. The molecule has 102 valence electrons. The summed E-state index contributed by atoms with van der Waals surface area (Å²) in [4.78, 5) is 11.8. The van der Waals surface area contributed by atoms with Crippen molar-refractivity contribution in [2.75, 3.05) is 13.1 Å². The van der Waals surface area contributed by atoms with E-state index < -0.39 is 0 Å². The van der Waals surface area contributed by atoms with E-state index in [1.165, 1.54) is 0 Å². The third-order valence-corrected chi connectivity index (χ3v) is 2.39. The first-order valence-corrected chi connectivity index (χ1v) is 6.27. The topological polar surface area (TPSA) is 64.3 Å². The van der Waals surface area contributed by atoms with Gasteiger partial charge in [-0.15, -0.1) is 12.4 Å². The SMILES string of the molecule is CC(C)Oc1cc(Br)cc(C(=O)NCCN)c1.Cl. The minimum Gasteiger partial charge on any atom is -0.491 e. The number of carbonyl (C=O) groups is 1. The average Bonchev–Trinajstić information content (AvgIpc) is 2.24. The van der Waals surface area contributed by atoms with Crippen molar-refractivity contribution in [3.63, 3.8) is 0 Å². The highest BCUT2D eigenvalue weighted by molar-refractivity contribution is 9.10. The summed E-state index contributed by atoms with van der Waals surface area (Å²) < 4.78 is 6.37. The molecule has 0 aliphatic rings. The van der Waals surface area contributed by atoms with E-state index in [2.05, 4.69) is 21.2 Å². The van der Waals surface area contributed by atoms with Crippen LogP contribution in [0.4, 0.5) is 0 Å². The molecule has 0 aliphatic carbocycles. The first-order chi connectivity index (χ1) is 8.02. The number of hydrogen-bond acceptors (Lipinski definition) is 3. The molecule has 18 heavy (non-hydrogen) atoms. The molecule has 4 nitrogen and oxygen atoms in total. The molecule has 0 unspecified atom stereocenters.